The summed E-state index contributed by atoms with van der Waals surface area (Å²) in [5.41, 5.74) is 2.02. The molecule has 1 saturated heterocycles. The summed E-state index contributed by atoms with van der Waals surface area (Å²) in [6.07, 6.45) is 3.41. The van der Waals surface area contributed by atoms with Gasteiger partial charge in [-0.1, -0.05) is 28.1 Å². The maximum Gasteiger partial charge on any atom is 0.290 e. The van der Waals surface area contributed by atoms with E-state index in [4.69, 9.17) is 0 Å². The summed E-state index contributed by atoms with van der Waals surface area (Å²) in [5, 5.41) is 14.3. The lowest BCUT2D eigenvalue weighted by atomic mass is 10.0. The average molecular weight is 405 g/mol. The number of hydrogen-bond acceptors (Lipinski definition) is 5. The summed E-state index contributed by atoms with van der Waals surface area (Å²) in [6, 6.07) is 10.6. The summed E-state index contributed by atoms with van der Waals surface area (Å²) in [5.74, 6) is 0.717. The van der Waals surface area contributed by atoms with Crippen LogP contribution in [0.15, 0.2) is 41.0 Å². The molecule has 1 fully saturated rings. The summed E-state index contributed by atoms with van der Waals surface area (Å²) >= 11 is 3.46. The highest BCUT2D eigenvalue weighted by Gasteiger charge is 2.20. The largest absolute Gasteiger partial charge is 0.367 e. The van der Waals surface area contributed by atoms with E-state index in [1.54, 1.807) is 13.0 Å². The standard InChI is InChI=1S/C18H21BrN4O2/c1-13-10-18(20-11-17(13)23(24)25)21-16-6-8-22(9-7-16)12-14-2-4-15(19)5-3-14/h2-5,10-11,16H,6-9,12H2,1H3,(H,20,21). The lowest BCUT2D eigenvalue weighted by Crippen LogP contribution is -2.38. The Bertz CT molecular complexity index is 743. The third kappa shape index (κ3) is 4.76. The second-order valence-electron chi connectivity index (χ2n) is 6.43. The number of anilines is 1. The molecule has 1 aliphatic heterocycles. The number of halogens is 1. The van der Waals surface area contributed by atoms with Crippen LogP contribution < -0.4 is 5.32 Å². The van der Waals surface area contributed by atoms with Gasteiger partial charge in [0.1, 0.15) is 12.0 Å². The highest BCUT2D eigenvalue weighted by molar-refractivity contribution is 9.10. The lowest BCUT2D eigenvalue weighted by molar-refractivity contribution is -0.385. The van der Waals surface area contributed by atoms with Gasteiger partial charge in [0.25, 0.3) is 5.69 Å². The van der Waals surface area contributed by atoms with Crippen LogP contribution in [0.25, 0.3) is 0 Å². The Morgan fingerprint density at radius 3 is 2.60 bits per heavy atom. The van der Waals surface area contributed by atoms with Gasteiger partial charge in [0.2, 0.25) is 0 Å². The zero-order valence-electron chi connectivity index (χ0n) is 14.1. The van der Waals surface area contributed by atoms with E-state index in [0.717, 1.165) is 42.8 Å². The van der Waals surface area contributed by atoms with Crippen LogP contribution in [0.2, 0.25) is 0 Å². The number of nitro groups is 1. The Labute approximate surface area is 155 Å². The second-order valence-corrected chi connectivity index (χ2v) is 7.35. The molecule has 3 rings (SSSR count). The van der Waals surface area contributed by atoms with Gasteiger partial charge in [0.05, 0.1) is 4.92 Å². The molecule has 1 N–H and O–H groups in total. The molecule has 0 amide bonds. The maximum atomic E-state index is 10.9. The third-order valence-corrected chi connectivity index (χ3v) is 5.07. The number of aromatic nitrogens is 1. The smallest absolute Gasteiger partial charge is 0.290 e. The van der Waals surface area contributed by atoms with Crippen molar-refractivity contribution >= 4 is 27.4 Å². The van der Waals surface area contributed by atoms with Gasteiger partial charge in [0.15, 0.2) is 0 Å². The van der Waals surface area contributed by atoms with Crippen molar-refractivity contribution < 1.29 is 4.92 Å². The van der Waals surface area contributed by atoms with Gasteiger partial charge < -0.3 is 5.32 Å². The first-order valence-corrected chi connectivity index (χ1v) is 9.15. The highest BCUT2D eigenvalue weighted by atomic mass is 79.9. The number of piperidine rings is 1. The Hall–Kier alpha value is -1.99. The van der Waals surface area contributed by atoms with E-state index >= 15 is 0 Å². The van der Waals surface area contributed by atoms with E-state index in [2.05, 4.69) is 55.4 Å². The summed E-state index contributed by atoms with van der Waals surface area (Å²) in [4.78, 5) is 17.1. The molecule has 1 aromatic carbocycles. The highest BCUT2D eigenvalue weighted by Crippen LogP contribution is 2.22. The van der Waals surface area contributed by atoms with Gasteiger partial charge in [-0.05, 0) is 43.5 Å². The number of rotatable bonds is 5. The minimum atomic E-state index is -0.396. The van der Waals surface area contributed by atoms with E-state index in [1.807, 2.05) is 0 Å². The predicted molar refractivity (Wildman–Crippen MR) is 102 cm³/mol. The van der Waals surface area contributed by atoms with Gasteiger partial charge in [-0.3, -0.25) is 15.0 Å². The van der Waals surface area contributed by atoms with Crippen molar-refractivity contribution in [2.24, 2.45) is 0 Å². The van der Waals surface area contributed by atoms with Crippen molar-refractivity contribution in [3.05, 3.63) is 62.2 Å². The maximum absolute atomic E-state index is 10.9. The molecule has 0 saturated carbocycles. The van der Waals surface area contributed by atoms with E-state index in [1.165, 1.54) is 11.8 Å². The van der Waals surface area contributed by atoms with Crippen molar-refractivity contribution in [3.63, 3.8) is 0 Å². The Morgan fingerprint density at radius 1 is 1.32 bits per heavy atom. The van der Waals surface area contributed by atoms with Crippen LogP contribution in [-0.4, -0.2) is 33.9 Å². The van der Waals surface area contributed by atoms with E-state index in [-0.39, 0.29) is 5.69 Å². The molecular formula is C18H21BrN4O2. The summed E-state index contributed by atoms with van der Waals surface area (Å²) in [7, 11) is 0. The lowest BCUT2D eigenvalue weighted by Gasteiger charge is -2.32. The number of nitrogens with one attached hydrogen (secondary N) is 1. The van der Waals surface area contributed by atoms with Crippen LogP contribution in [0.5, 0.6) is 0 Å². The molecular weight excluding hydrogens is 384 g/mol. The molecule has 0 aliphatic carbocycles. The minimum Gasteiger partial charge on any atom is -0.367 e. The average Bonchev–Trinajstić information content (AvgIpc) is 2.58. The van der Waals surface area contributed by atoms with Gasteiger partial charge >= 0.3 is 0 Å². The number of likely N-dealkylation sites (tertiary alicyclic amines) is 1. The van der Waals surface area contributed by atoms with Crippen molar-refractivity contribution in [3.8, 4) is 0 Å². The fourth-order valence-corrected chi connectivity index (χ4v) is 3.38. The predicted octanol–water partition coefficient (Wildman–Crippen LogP) is 4.14. The zero-order chi connectivity index (χ0) is 17.8. The van der Waals surface area contributed by atoms with Crippen LogP contribution >= 0.6 is 15.9 Å². The van der Waals surface area contributed by atoms with Crippen LogP contribution in [0.1, 0.15) is 24.0 Å². The first-order chi connectivity index (χ1) is 12.0. The van der Waals surface area contributed by atoms with Crippen LogP contribution in [-0.2, 0) is 6.54 Å². The number of aryl methyl sites for hydroxylation is 1. The molecule has 1 aliphatic rings. The van der Waals surface area contributed by atoms with Crippen molar-refractivity contribution in [1.82, 2.24) is 9.88 Å². The molecule has 0 bridgehead atoms. The summed E-state index contributed by atoms with van der Waals surface area (Å²) in [6.45, 7) is 4.76. The Morgan fingerprint density at radius 2 is 2.00 bits per heavy atom. The zero-order valence-corrected chi connectivity index (χ0v) is 15.7. The second kappa shape index (κ2) is 7.93. The summed E-state index contributed by atoms with van der Waals surface area (Å²) < 4.78 is 1.10. The normalized spacial score (nSPS) is 15.9. The molecule has 2 heterocycles. The van der Waals surface area contributed by atoms with Crippen molar-refractivity contribution in [1.29, 1.82) is 0 Å². The topological polar surface area (TPSA) is 71.3 Å². The first kappa shape index (κ1) is 17.8. The van der Waals surface area contributed by atoms with Crippen LogP contribution in [0, 0.1) is 17.0 Å². The Kier molecular flexibility index (Phi) is 5.65. The molecule has 0 unspecified atom stereocenters. The van der Waals surface area contributed by atoms with E-state index in [9.17, 15) is 10.1 Å². The number of hydrogen-bond donors (Lipinski definition) is 1. The molecule has 25 heavy (non-hydrogen) atoms. The Balaban J connectivity index is 1.51. The van der Waals surface area contributed by atoms with E-state index in [0.29, 0.717) is 11.6 Å². The fraction of sp³-hybridized carbons (Fsp3) is 0.389. The van der Waals surface area contributed by atoms with Crippen molar-refractivity contribution in [2.45, 2.75) is 32.4 Å². The molecule has 0 spiro atoms. The monoisotopic (exact) mass is 404 g/mol. The first-order valence-electron chi connectivity index (χ1n) is 8.35. The molecule has 2 aromatic rings. The molecule has 6 nitrogen and oxygen atoms in total. The van der Waals surface area contributed by atoms with Gasteiger partial charge in [-0.2, -0.15) is 0 Å². The molecule has 1 aromatic heterocycles. The molecule has 0 atom stereocenters. The molecule has 7 heteroatoms. The van der Waals surface area contributed by atoms with Crippen LogP contribution in [0.3, 0.4) is 0 Å². The fourth-order valence-electron chi connectivity index (χ4n) is 3.11. The molecule has 0 radical (unpaired) electrons. The minimum absolute atomic E-state index is 0.0647. The van der Waals surface area contributed by atoms with Gasteiger partial charge in [-0.25, -0.2) is 4.98 Å². The van der Waals surface area contributed by atoms with E-state index < -0.39 is 4.92 Å². The quantitative estimate of drug-likeness (QED) is 0.598. The molecule has 132 valence electrons. The number of benzene rings is 1. The van der Waals surface area contributed by atoms with Gasteiger partial charge in [-0.15, -0.1) is 0 Å². The third-order valence-electron chi connectivity index (χ3n) is 4.54. The SMILES string of the molecule is Cc1cc(NC2CCN(Cc3ccc(Br)cc3)CC2)ncc1[N+](=O)[O-]. The number of nitrogens with zero attached hydrogens (tertiary/aromatic N) is 3. The number of pyridine rings is 1. The van der Waals surface area contributed by atoms with Crippen LogP contribution in [0.4, 0.5) is 11.5 Å². The van der Waals surface area contributed by atoms with Gasteiger partial charge in [0, 0.05) is 35.7 Å². The van der Waals surface area contributed by atoms with Crippen molar-refractivity contribution in [2.75, 3.05) is 18.4 Å².